The average Bonchev–Trinajstić information content (AvgIpc) is 2.83. The quantitative estimate of drug-likeness (QED) is 0.425. The zero-order valence-electron chi connectivity index (χ0n) is 19.4. The molecule has 8 heteroatoms. The number of rotatable bonds is 11. The molecule has 0 bridgehead atoms. The minimum Gasteiger partial charge on any atom is -0.494 e. The molecule has 174 valence electrons. The smallest absolute Gasteiger partial charge is 0.227 e. The number of likely N-dealkylation sites (N-methyl/N-ethyl adjacent to an activating group) is 1. The van der Waals surface area contributed by atoms with Crippen LogP contribution >= 0.6 is 0 Å². The highest BCUT2D eigenvalue weighted by atomic mass is 19.1. The Bertz CT molecular complexity index is 1070. The molecule has 1 N–H and O–H groups in total. The van der Waals surface area contributed by atoms with Crippen LogP contribution in [-0.4, -0.2) is 48.4 Å². The van der Waals surface area contributed by atoms with E-state index >= 15 is 0 Å². The van der Waals surface area contributed by atoms with E-state index in [1.165, 1.54) is 37.2 Å². The lowest BCUT2D eigenvalue weighted by molar-refractivity contribution is 0.0987. The van der Waals surface area contributed by atoms with Crippen molar-refractivity contribution in [2.75, 3.05) is 33.1 Å². The fourth-order valence-electron chi connectivity index (χ4n) is 3.13. The van der Waals surface area contributed by atoms with Gasteiger partial charge in [0.05, 0.1) is 19.5 Å². The van der Waals surface area contributed by atoms with Crippen LogP contribution in [0.25, 0.3) is 0 Å². The van der Waals surface area contributed by atoms with Crippen LogP contribution in [0, 0.1) is 5.82 Å². The Hall–Kier alpha value is -3.52. The molecule has 0 saturated heterocycles. The number of carbonyl (C=O) groups excluding carboxylic acids is 1. The van der Waals surface area contributed by atoms with Crippen LogP contribution in [0.2, 0.25) is 0 Å². The maximum atomic E-state index is 14.6. The molecule has 33 heavy (non-hydrogen) atoms. The summed E-state index contributed by atoms with van der Waals surface area (Å²) in [6.45, 7) is 2.66. The first kappa shape index (κ1) is 24.1. The lowest BCUT2D eigenvalue weighted by Crippen LogP contribution is -2.14. The summed E-state index contributed by atoms with van der Waals surface area (Å²) in [5.41, 5.74) is 2.75. The number of hydrogen-bond acceptors (Lipinski definition) is 7. The van der Waals surface area contributed by atoms with Gasteiger partial charge in [-0.05, 0) is 50.3 Å². The first-order valence-electron chi connectivity index (χ1n) is 10.7. The number of carbonyl (C=O) groups is 1. The maximum absolute atomic E-state index is 14.6. The molecule has 3 aromatic rings. The van der Waals surface area contributed by atoms with Crippen molar-refractivity contribution in [1.82, 2.24) is 14.9 Å². The minimum atomic E-state index is -0.557. The van der Waals surface area contributed by atoms with Gasteiger partial charge in [0, 0.05) is 29.8 Å². The van der Waals surface area contributed by atoms with Crippen molar-refractivity contribution in [3.63, 3.8) is 0 Å². The molecule has 0 aliphatic rings. The van der Waals surface area contributed by atoms with Crippen molar-refractivity contribution in [3.8, 4) is 11.5 Å². The van der Waals surface area contributed by atoms with Gasteiger partial charge in [0.2, 0.25) is 5.95 Å². The lowest BCUT2D eigenvalue weighted by Gasteiger charge is -2.12. The Morgan fingerprint density at radius 2 is 1.82 bits per heavy atom. The SMILES string of the molecule is CCC(=O)c1cc(COc2cnc(Nc3ccc(CCN(C)C)cc3)nc2)c(F)c(OC)c1. The van der Waals surface area contributed by atoms with Gasteiger partial charge in [0.25, 0.3) is 0 Å². The summed E-state index contributed by atoms with van der Waals surface area (Å²) in [7, 11) is 5.47. The molecule has 0 spiro atoms. The van der Waals surface area contributed by atoms with Gasteiger partial charge in [0.1, 0.15) is 6.61 Å². The van der Waals surface area contributed by atoms with Gasteiger partial charge in [-0.25, -0.2) is 14.4 Å². The number of ether oxygens (including phenoxy) is 2. The van der Waals surface area contributed by atoms with E-state index in [1.807, 2.05) is 12.1 Å². The summed E-state index contributed by atoms with van der Waals surface area (Å²) < 4.78 is 25.3. The number of hydrogen-bond donors (Lipinski definition) is 1. The molecule has 2 aromatic carbocycles. The van der Waals surface area contributed by atoms with Crippen molar-refractivity contribution in [2.24, 2.45) is 0 Å². The summed E-state index contributed by atoms with van der Waals surface area (Å²) in [6, 6.07) is 11.0. The van der Waals surface area contributed by atoms with Crippen molar-refractivity contribution in [3.05, 3.63) is 71.3 Å². The van der Waals surface area contributed by atoms with Gasteiger partial charge in [-0.3, -0.25) is 4.79 Å². The standard InChI is InChI=1S/C25H29FN4O3/c1-5-22(31)18-12-19(24(26)23(13-18)32-4)16-33-21-14-27-25(28-15-21)29-20-8-6-17(7-9-20)10-11-30(2)3/h6-9,12-15H,5,10-11,16H2,1-4H3,(H,27,28,29). The number of halogens is 1. The van der Waals surface area contributed by atoms with E-state index in [9.17, 15) is 9.18 Å². The zero-order chi connectivity index (χ0) is 23.8. The fraction of sp³-hybridized carbons (Fsp3) is 0.320. The number of Topliss-reactive ketones (excluding diaryl/α,β-unsaturated/α-hetero) is 1. The van der Waals surface area contributed by atoms with Gasteiger partial charge >= 0.3 is 0 Å². The Kier molecular flexibility index (Phi) is 8.32. The van der Waals surface area contributed by atoms with Crippen LogP contribution in [0.3, 0.4) is 0 Å². The van der Waals surface area contributed by atoms with E-state index in [4.69, 9.17) is 9.47 Å². The Morgan fingerprint density at radius 1 is 1.12 bits per heavy atom. The maximum Gasteiger partial charge on any atom is 0.227 e. The van der Waals surface area contributed by atoms with E-state index < -0.39 is 5.82 Å². The van der Waals surface area contributed by atoms with E-state index in [0.29, 0.717) is 23.7 Å². The van der Waals surface area contributed by atoms with Crippen LogP contribution < -0.4 is 14.8 Å². The summed E-state index contributed by atoms with van der Waals surface area (Å²) >= 11 is 0. The Morgan fingerprint density at radius 3 is 2.42 bits per heavy atom. The zero-order valence-corrected chi connectivity index (χ0v) is 19.4. The third-order valence-corrected chi connectivity index (χ3v) is 5.06. The molecule has 0 radical (unpaired) electrons. The van der Waals surface area contributed by atoms with Gasteiger partial charge in [-0.15, -0.1) is 0 Å². The third-order valence-electron chi connectivity index (χ3n) is 5.06. The molecule has 0 aliphatic heterocycles. The number of nitrogens with zero attached hydrogens (tertiary/aromatic N) is 3. The second kappa shape index (κ2) is 11.4. The average molecular weight is 453 g/mol. The first-order valence-corrected chi connectivity index (χ1v) is 10.7. The second-order valence-electron chi connectivity index (χ2n) is 7.83. The summed E-state index contributed by atoms with van der Waals surface area (Å²) in [6.07, 6.45) is 4.32. The summed E-state index contributed by atoms with van der Waals surface area (Å²) in [5, 5.41) is 3.15. The fourth-order valence-corrected chi connectivity index (χ4v) is 3.13. The van der Waals surface area contributed by atoms with Crippen molar-refractivity contribution in [2.45, 2.75) is 26.4 Å². The minimum absolute atomic E-state index is 0.0106. The van der Waals surface area contributed by atoms with Crippen LogP contribution in [0.15, 0.2) is 48.8 Å². The molecule has 0 saturated carbocycles. The Labute approximate surface area is 193 Å². The summed E-state index contributed by atoms with van der Waals surface area (Å²) in [5.74, 6) is 0.158. The molecule has 0 amide bonds. The van der Waals surface area contributed by atoms with Gasteiger partial charge in [-0.2, -0.15) is 0 Å². The molecule has 1 aromatic heterocycles. The predicted molar refractivity (Wildman–Crippen MR) is 126 cm³/mol. The molecule has 7 nitrogen and oxygen atoms in total. The topological polar surface area (TPSA) is 76.6 Å². The number of ketones is 1. The van der Waals surface area contributed by atoms with E-state index in [0.717, 1.165) is 18.7 Å². The van der Waals surface area contributed by atoms with Crippen LogP contribution in [-0.2, 0) is 13.0 Å². The van der Waals surface area contributed by atoms with E-state index in [2.05, 4.69) is 46.4 Å². The summed E-state index contributed by atoms with van der Waals surface area (Å²) in [4.78, 5) is 22.7. The van der Waals surface area contributed by atoms with Crippen molar-refractivity contribution >= 4 is 17.4 Å². The highest BCUT2D eigenvalue weighted by Crippen LogP contribution is 2.25. The van der Waals surface area contributed by atoms with Gasteiger partial charge in [0.15, 0.2) is 23.1 Å². The molecule has 0 aliphatic carbocycles. The predicted octanol–water partition coefficient (Wildman–Crippen LogP) is 4.64. The first-order chi connectivity index (χ1) is 15.9. The van der Waals surface area contributed by atoms with Crippen LogP contribution in [0.1, 0.15) is 34.8 Å². The highest BCUT2D eigenvalue weighted by Gasteiger charge is 2.15. The molecule has 1 heterocycles. The van der Waals surface area contributed by atoms with Gasteiger partial charge in [-0.1, -0.05) is 19.1 Å². The largest absolute Gasteiger partial charge is 0.494 e. The normalized spacial score (nSPS) is 10.8. The van der Waals surface area contributed by atoms with Crippen LogP contribution in [0.5, 0.6) is 11.5 Å². The number of methoxy groups -OCH3 is 1. The molecule has 3 rings (SSSR count). The van der Waals surface area contributed by atoms with E-state index in [1.54, 1.807) is 6.92 Å². The molecule has 0 unspecified atom stereocenters. The van der Waals surface area contributed by atoms with E-state index in [-0.39, 0.29) is 23.7 Å². The molecular formula is C25H29FN4O3. The lowest BCUT2D eigenvalue weighted by atomic mass is 10.0. The number of benzene rings is 2. The van der Waals surface area contributed by atoms with Crippen molar-refractivity contribution < 1.29 is 18.7 Å². The third kappa shape index (κ3) is 6.73. The monoisotopic (exact) mass is 452 g/mol. The van der Waals surface area contributed by atoms with Gasteiger partial charge < -0.3 is 19.7 Å². The molecule has 0 fully saturated rings. The molecule has 0 atom stereocenters. The number of anilines is 2. The molecular weight excluding hydrogens is 423 g/mol. The number of aromatic nitrogens is 2. The second-order valence-corrected chi connectivity index (χ2v) is 7.83. The van der Waals surface area contributed by atoms with Crippen molar-refractivity contribution in [1.29, 1.82) is 0 Å². The highest BCUT2D eigenvalue weighted by molar-refractivity contribution is 5.96. The number of nitrogens with one attached hydrogen (secondary N) is 1. The van der Waals surface area contributed by atoms with Crippen LogP contribution in [0.4, 0.5) is 16.0 Å². The Balaban J connectivity index is 1.61.